The fourth-order valence-corrected chi connectivity index (χ4v) is 3.17. The van der Waals surface area contributed by atoms with Crippen LogP contribution in [0.1, 0.15) is 23.2 Å². The van der Waals surface area contributed by atoms with E-state index in [0.29, 0.717) is 29.6 Å². The van der Waals surface area contributed by atoms with Gasteiger partial charge in [0.25, 0.3) is 5.91 Å². The lowest BCUT2D eigenvalue weighted by atomic mass is 10.1. The summed E-state index contributed by atoms with van der Waals surface area (Å²) in [5, 5.41) is 2.93. The van der Waals surface area contributed by atoms with E-state index in [-0.39, 0.29) is 12.0 Å². The van der Waals surface area contributed by atoms with Crippen molar-refractivity contribution in [3.63, 3.8) is 0 Å². The van der Waals surface area contributed by atoms with Crippen LogP contribution in [0.5, 0.6) is 5.75 Å². The fraction of sp³-hybridized carbons (Fsp3) is 0.562. The van der Waals surface area contributed by atoms with Gasteiger partial charge in [0.1, 0.15) is 5.75 Å². The van der Waals surface area contributed by atoms with Gasteiger partial charge in [0.05, 0.1) is 25.5 Å². The molecule has 1 aromatic carbocycles. The van der Waals surface area contributed by atoms with Gasteiger partial charge < -0.3 is 20.5 Å². The van der Waals surface area contributed by atoms with Crippen LogP contribution in [0.25, 0.3) is 0 Å². The second-order valence-electron chi connectivity index (χ2n) is 5.91. The van der Waals surface area contributed by atoms with Crippen LogP contribution in [-0.2, 0) is 4.74 Å². The van der Waals surface area contributed by atoms with Crippen molar-refractivity contribution in [1.29, 1.82) is 0 Å². The van der Waals surface area contributed by atoms with Gasteiger partial charge in [-0.05, 0) is 37.6 Å². The summed E-state index contributed by atoms with van der Waals surface area (Å²) in [7, 11) is 1.54. The number of nitrogens with one attached hydrogen (secondary N) is 1. The first kappa shape index (κ1) is 15.1. The van der Waals surface area contributed by atoms with Gasteiger partial charge >= 0.3 is 0 Å². The zero-order valence-electron chi connectivity index (χ0n) is 12.9. The smallest absolute Gasteiger partial charge is 0.251 e. The van der Waals surface area contributed by atoms with Gasteiger partial charge in [-0.1, -0.05) is 0 Å². The maximum Gasteiger partial charge on any atom is 0.251 e. The van der Waals surface area contributed by atoms with Crippen molar-refractivity contribution in [3.8, 4) is 5.75 Å². The number of nitrogen functional groups attached to an aromatic ring is 1. The van der Waals surface area contributed by atoms with Crippen LogP contribution in [0.15, 0.2) is 18.2 Å². The van der Waals surface area contributed by atoms with E-state index < -0.39 is 0 Å². The standard InChI is InChI=1S/C16H23N3O3/c1-21-15-7-11(4-5-14(15)17)16(20)18-8-13-9-19-6-2-3-12(19)10-22-13/h4-5,7,12-13H,2-3,6,8-10,17H2,1H3,(H,18,20)/t12-,13-/m0/s1. The number of benzene rings is 1. The molecule has 3 rings (SSSR count). The Balaban J connectivity index is 1.54. The van der Waals surface area contributed by atoms with Crippen LogP contribution in [0.3, 0.4) is 0 Å². The molecule has 120 valence electrons. The first-order valence-electron chi connectivity index (χ1n) is 7.74. The van der Waals surface area contributed by atoms with Crippen molar-refractivity contribution in [2.24, 2.45) is 0 Å². The molecule has 2 aliphatic rings. The molecule has 0 radical (unpaired) electrons. The Morgan fingerprint density at radius 2 is 2.41 bits per heavy atom. The summed E-state index contributed by atoms with van der Waals surface area (Å²) in [5.41, 5.74) is 6.82. The van der Waals surface area contributed by atoms with E-state index in [1.165, 1.54) is 20.0 Å². The fourth-order valence-electron chi connectivity index (χ4n) is 3.17. The van der Waals surface area contributed by atoms with Crippen molar-refractivity contribution < 1.29 is 14.3 Å². The van der Waals surface area contributed by atoms with Gasteiger partial charge in [-0.2, -0.15) is 0 Å². The van der Waals surface area contributed by atoms with E-state index >= 15 is 0 Å². The van der Waals surface area contributed by atoms with Crippen LogP contribution in [0.2, 0.25) is 0 Å². The molecule has 0 unspecified atom stereocenters. The van der Waals surface area contributed by atoms with Crippen molar-refractivity contribution in [2.45, 2.75) is 25.0 Å². The number of nitrogens with two attached hydrogens (primary N) is 1. The molecule has 2 aliphatic heterocycles. The molecule has 3 N–H and O–H groups in total. The van der Waals surface area contributed by atoms with Crippen molar-refractivity contribution >= 4 is 11.6 Å². The van der Waals surface area contributed by atoms with Crippen molar-refractivity contribution in [3.05, 3.63) is 23.8 Å². The lowest BCUT2D eigenvalue weighted by Gasteiger charge is -2.35. The number of anilines is 1. The summed E-state index contributed by atoms with van der Waals surface area (Å²) in [5.74, 6) is 0.381. The first-order chi connectivity index (χ1) is 10.7. The molecule has 22 heavy (non-hydrogen) atoms. The van der Waals surface area contributed by atoms with Gasteiger partial charge in [0, 0.05) is 24.7 Å². The Morgan fingerprint density at radius 3 is 3.23 bits per heavy atom. The Kier molecular flexibility index (Phi) is 4.49. The normalized spacial score (nSPS) is 24.8. The number of nitrogens with zero attached hydrogens (tertiary/aromatic N) is 1. The number of ether oxygens (including phenoxy) is 2. The molecule has 0 aromatic heterocycles. The summed E-state index contributed by atoms with van der Waals surface area (Å²) in [6.07, 6.45) is 2.54. The molecule has 2 saturated heterocycles. The minimum Gasteiger partial charge on any atom is -0.495 e. The third-order valence-electron chi connectivity index (χ3n) is 4.45. The number of carbonyl (C=O) groups is 1. The predicted molar refractivity (Wildman–Crippen MR) is 84.1 cm³/mol. The molecule has 6 heteroatoms. The molecule has 0 saturated carbocycles. The van der Waals surface area contributed by atoms with Crippen molar-refractivity contribution in [1.82, 2.24) is 10.2 Å². The molecule has 2 fully saturated rings. The molecule has 2 heterocycles. The summed E-state index contributed by atoms with van der Waals surface area (Å²) in [4.78, 5) is 14.7. The van der Waals surface area contributed by atoms with E-state index in [1.807, 2.05) is 0 Å². The zero-order valence-corrected chi connectivity index (χ0v) is 12.9. The largest absolute Gasteiger partial charge is 0.495 e. The Labute approximate surface area is 130 Å². The average molecular weight is 305 g/mol. The summed E-state index contributed by atoms with van der Waals surface area (Å²) in [6, 6.07) is 5.61. The maximum atomic E-state index is 12.2. The van der Waals surface area contributed by atoms with Crippen LogP contribution in [-0.4, -0.2) is 56.3 Å². The van der Waals surface area contributed by atoms with Crippen LogP contribution in [0.4, 0.5) is 5.69 Å². The van der Waals surface area contributed by atoms with Crippen LogP contribution in [0, 0.1) is 0 Å². The number of fused-ring (bicyclic) bond motifs is 1. The summed E-state index contributed by atoms with van der Waals surface area (Å²) >= 11 is 0. The van der Waals surface area contributed by atoms with Crippen LogP contribution < -0.4 is 15.8 Å². The Hall–Kier alpha value is -1.79. The Morgan fingerprint density at radius 1 is 1.55 bits per heavy atom. The van der Waals surface area contributed by atoms with Gasteiger partial charge in [0.15, 0.2) is 0 Å². The second-order valence-corrected chi connectivity index (χ2v) is 5.91. The van der Waals surface area contributed by atoms with Gasteiger partial charge in [-0.25, -0.2) is 0 Å². The molecule has 1 amide bonds. The second kappa shape index (κ2) is 6.54. The molecule has 2 atom stereocenters. The predicted octanol–water partition coefficient (Wildman–Crippen LogP) is 0.870. The number of amides is 1. The highest BCUT2D eigenvalue weighted by Gasteiger charge is 2.32. The van der Waals surface area contributed by atoms with E-state index in [0.717, 1.165) is 19.7 Å². The molecule has 0 aliphatic carbocycles. The maximum absolute atomic E-state index is 12.2. The number of methoxy groups -OCH3 is 1. The zero-order chi connectivity index (χ0) is 15.5. The van der Waals surface area contributed by atoms with Gasteiger partial charge in [0.2, 0.25) is 0 Å². The van der Waals surface area contributed by atoms with Gasteiger partial charge in [-0.3, -0.25) is 9.69 Å². The highest BCUT2D eigenvalue weighted by molar-refractivity contribution is 5.95. The minimum absolute atomic E-state index is 0.0639. The Bertz CT molecular complexity index is 549. The van der Waals surface area contributed by atoms with Crippen molar-refractivity contribution in [2.75, 3.05) is 39.1 Å². The van der Waals surface area contributed by atoms with E-state index in [1.54, 1.807) is 18.2 Å². The highest BCUT2D eigenvalue weighted by atomic mass is 16.5. The number of hydrogen-bond donors (Lipinski definition) is 2. The third-order valence-corrected chi connectivity index (χ3v) is 4.45. The monoisotopic (exact) mass is 305 g/mol. The SMILES string of the molecule is COc1cc(C(=O)NC[C@H]2CN3CCC[C@H]3CO2)ccc1N. The lowest BCUT2D eigenvalue weighted by Crippen LogP contribution is -2.50. The number of rotatable bonds is 4. The highest BCUT2D eigenvalue weighted by Crippen LogP contribution is 2.23. The molecule has 6 nitrogen and oxygen atoms in total. The topological polar surface area (TPSA) is 76.8 Å². The van der Waals surface area contributed by atoms with E-state index in [9.17, 15) is 4.79 Å². The van der Waals surface area contributed by atoms with Crippen LogP contribution >= 0.6 is 0 Å². The molecule has 0 bridgehead atoms. The van der Waals surface area contributed by atoms with E-state index in [4.69, 9.17) is 15.2 Å². The summed E-state index contributed by atoms with van der Waals surface area (Å²) < 4.78 is 11.0. The quantitative estimate of drug-likeness (QED) is 0.807. The summed E-state index contributed by atoms with van der Waals surface area (Å²) in [6.45, 7) is 3.34. The number of carbonyl (C=O) groups excluding carboxylic acids is 1. The molecule has 1 aromatic rings. The molecular formula is C16H23N3O3. The number of hydrogen-bond acceptors (Lipinski definition) is 5. The molecular weight excluding hydrogens is 282 g/mol. The third kappa shape index (κ3) is 3.18. The molecule has 0 spiro atoms. The first-order valence-corrected chi connectivity index (χ1v) is 7.74. The average Bonchev–Trinajstić information content (AvgIpc) is 3.00. The minimum atomic E-state index is -0.134. The van der Waals surface area contributed by atoms with E-state index in [2.05, 4.69) is 10.2 Å². The lowest BCUT2D eigenvalue weighted by molar-refractivity contribution is -0.0461. The van der Waals surface area contributed by atoms with Gasteiger partial charge in [-0.15, -0.1) is 0 Å². The number of morpholine rings is 1.